The van der Waals surface area contributed by atoms with Crippen LogP contribution in [-0.4, -0.2) is 15.9 Å². The predicted molar refractivity (Wildman–Crippen MR) is 300 cm³/mol. The number of hydrogen-bond donors (Lipinski definition) is 0. The van der Waals surface area contributed by atoms with Gasteiger partial charge in [-0.15, -0.1) is 0 Å². The van der Waals surface area contributed by atoms with Crippen molar-refractivity contribution in [3.63, 3.8) is 0 Å². The van der Waals surface area contributed by atoms with E-state index in [9.17, 15) is 0 Å². The van der Waals surface area contributed by atoms with Crippen LogP contribution in [0.3, 0.4) is 0 Å². The molecule has 69 heavy (non-hydrogen) atoms. The Morgan fingerprint density at radius 2 is 0.899 bits per heavy atom. The molecule has 0 unspecified atom stereocenters. The van der Waals surface area contributed by atoms with Gasteiger partial charge >= 0.3 is 6.85 Å². The first kappa shape index (κ1) is 43.7. The molecule has 4 heterocycles. The van der Waals surface area contributed by atoms with Gasteiger partial charge in [0.1, 0.15) is 0 Å². The summed E-state index contributed by atoms with van der Waals surface area (Å²) in [6.45, 7) is 32.4. The van der Waals surface area contributed by atoms with Crippen molar-refractivity contribution in [3.05, 3.63) is 173 Å². The second kappa shape index (κ2) is 14.5. The highest BCUT2D eigenvalue weighted by atomic mass is 15.0. The van der Waals surface area contributed by atoms with Crippen molar-refractivity contribution in [1.82, 2.24) is 9.05 Å². The predicted octanol–water partition coefficient (Wildman–Crippen LogP) is 16.6. The maximum atomic E-state index is 2.76. The lowest BCUT2D eigenvalue weighted by Crippen LogP contribution is -2.55. The third-order valence-electron chi connectivity index (χ3n) is 15.9. The van der Waals surface area contributed by atoms with E-state index in [4.69, 9.17) is 0 Å². The first-order chi connectivity index (χ1) is 32.5. The Bertz CT molecular complexity index is 3800. The minimum Gasteiger partial charge on any atom is -0.375 e. The normalized spacial score (nSPS) is 13.6. The van der Waals surface area contributed by atoms with Crippen LogP contribution in [0.4, 0.5) is 0 Å². The van der Waals surface area contributed by atoms with Gasteiger partial charge in [0, 0.05) is 43.8 Å². The van der Waals surface area contributed by atoms with E-state index in [0.29, 0.717) is 0 Å². The van der Waals surface area contributed by atoms with Crippen LogP contribution in [0.2, 0.25) is 0 Å². The number of fused-ring (bicyclic) bond motifs is 10. The summed E-state index contributed by atoms with van der Waals surface area (Å²) >= 11 is 0. The fourth-order valence-corrected chi connectivity index (χ4v) is 11.9. The molecule has 0 amide bonds. The van der Waals surface area contributed by atoms with E-state index in [1.54, 1.807) is 0 Å². The summed E-state index contributed by atoms with van der Waals surface area (Å²) in [4.78, 5) is 0. The molecule has 0 spiro atoms. The number of hydrogen-bond acceptors (Lipinski definition) is 0. The van der Waals surface area contributed by atoms with Gasteiger partial charge in [0.25, 0.3) is 0 Å². The van der Waals surface area contributed by atoms with E-state index in [0.717, 1.165) is 0 Å². The molecule has 2 aromatic heterocycles. The minimum atomic E-state index is -0.0610. The molecular weight excluding hydrogens is 832 g/mol. The monoisotopic (exact) mass is 897 g/mol. The number of aromatic nitrogens is 2. The maximum absolute atomic E-state index is 2.76. The molecule has 3 heteroatoms. The van der Waals surface area contributed by atoms with Gasteiger partial charge in [0.15, 0.2) is 0 Å². The molecule has 0 aliphatic carbocycles. The molecule has 2 aliphatic rings. The SMILES string of the molecule is Cc1ccc(-c2cc3c4c(c2)-n2c5ccc(-c6ccc(C(C)(C)C)cc6)cc5c5cc(-c6ccc(C(C)(C)C)cc6)cc(c52)B4n2c4ccc(C(C)(C)C)cc4c4cc(C(C)(C)C)cc-3c42)c(C)c1. The Morgan fingerprint density at radius 1 is 0.362 bits per heavy atom. The Hall–Kier alpha value is -6.58. The van der Waals surface area contributed by atoms with Crippen LogP contribution < -0.4 is 10.9 Å². The lowest BCUT2D eigenvalue weighted by molar-refractivity contribution is 0.590. The van der Waals surface area contributed by atoms with E-state index >= 15 is 0 Å². The van der Waals surface area contributed by atoms with Gasteiger partial charge in [-0.1, -0.05) is 174 Å². The Labute approximate surface area is 410 Å². The van der Waals surface area contributed by atoms with Crippen molar-refractivity contribution >= 4 is 61.4 Å². The summed E-state index contributed by atoms with van der Waals surface area (Å²) in [6, 6.07) is 55.5. The number of benzene rings is 8. The summed E-state index contributed by atoms with van der Waals surface area (Å²) in [5, 5.41) is 5.27. The van der Waals surface area contributed by atoms with Crippen LogP contribution in [0.5, 0.6) is 0 Å². The number of nitrogens with zero attached hydrogens (tertiary/aromatic N) is 2. The van der Waals surface area contributed by atoms with E-state index in [1.807, 2.05) is 0 Å². The van der Waals surface area contributed by atoms with Crippen LogP contribution in [0.25, 0.3) is 93.8 Å². The van der Waals surface area contributed by atoms with E-state index in [1.165, 1.54) is 138 Å². The van der Waals surface area contributed by atoms with Crippen molar-refractivity contribution < 1.29 is 0 Å². The highest BCUT2D eigenvalue weighted by molar-refractivity contribution is 6.90. The fourth-order valence-electron chi connectivity index (χ4n) is 11.9. The van der Waals surface area contributed by atoms with Crippen LogP contribution >= 0.6 is 0 Å². The van der Waals surface area contributed by atoms with Crippen molar-refractivity contribution in [3.8, 4) is 50.2 Å². The fraction of sp³-hybridized carbons (Fsp3) is 0.273. The lowest BCUT2D eigenvalue weighted by atomic mass is 9.45. The molecule has 0 bridgehead atoms. The zero-order valence-corrected chi connectivity index (χ0v) is 43.3. The molecular formula is C66H65BN2. The lowest BCUT2D eigenvalue weighted by Gasteiger charge is -2.35. The molecule has 342 valence electrons. The Balaban J connectivity index is 1.25. The summed E-state index contributed by atoms with van der Waals surface area (Å²) in [5.41, 5.74) is 27.5. The van der Waals surface area contributed by atoms with Crippen LogP contribution in [0.15, 0.2) is 140 Å². The summed E-state index contributed by atoms with van der Waals surface area (Å²) in [7, 11) is 0. The van der Waals surface area contributed by atoms with Gasteiger partial charge in [0.05, 0.1) is 11.0 Å². The topological polar surface area (TPSA) is 9.86 Å². The first-order valence-electron chi connectivity index (χ1n) is 25.3. The van der Waals surface area contributed by atoms with Gasteiger partial charge in [-0.05, 0) is 168 Å². The molecule has 8 aromatic carbocycles. The molecule has 0 N–H and O–H groups in total. The second-order valence-electron chi connectivity index (χ2n) is 24.9. The second-order valence-corrected chi connectivity index (χ2v) is 24.9. The van der Waals surface area contributed by atoms with Gasteiger partial charge in [-0.2, -0.15) is 0 Å². The summed E-state index contributed by atoms with van der Waals surface area (Å²) in [5.74, 6) is 0. The van der Waals surface area contributed by atoms with Gasteiger partial charge in [-0.25, -0.2) is 0 Å². The third kappa shape index (κ3) is 6.66. The minimum absolute atomic E-state index is 0.00643. The largest absolute Gasteiger partial charge is 0.375 e. The molecule has 0 radical (unpaired) electrons. The quantitative estimate of drug-likeness (QED) is 0.156. The molecule has 2 aliphatic heterocycles. The zero-order valence-electron chi connectivity index (χ0n) is 43.3. The molecule has 0 saturated heterocycles. The van der Waals surface area contributed by atoms with Crippen LogP contribution in [0, 0.1) is 13.8 Å². The van der Waals surface area contributed by atoms with E-state index in [-0.39, 0.29) is 28.5 Å². The standard InChI is InChI=1S/C66H65BN2/c1-38-15-26-49(39(2)29-38)44-32-52-55-37-48(66(12,13)14)36-54-51-35-47(65(9,10)11)25-28-58(51)69(61(54)55)67-56-33-43(41-18-23-46(24-19-41)64(6,7)8)31-53-50-30-42(40-16-21-45(22-17-40)63(3,4)5)20-27-57(50)68(62(53)56)59(34-44)60(52)67/h15-37H,1-14H3. The van der Waals surface area contributed by atoms with E-state index < -0.39 is 0 Å². The van der Waals surface area contributed by atoms with Crippen molar-refractivity contribution in [2.45, 2.75) is 119 Å². The smallest absolute Gasteiger partial charge is 0.333 e. The van der Waals surface area contributed by atoms with Crippen molar-refractivity contribution in [1.29, 1.82) is 0 Å². The Kier molecular flexibility index (Phi) is 9.17. The van der Waals surface area contributed by atoms with Crippen molar-refractivity contribution in [2.75, 3.05) is 0 Å². The van der Waals surface area contributed by atoms with Crippen LogP contribution in [0.1, 0.15) is 116 Å². The average Bonchev–Trinajstić information content (AvgIpc) is 3.80. The van der Waals surface area contributed by atoms with E-state index in [2.05, 4.69) is 246 Å². The molecule has 0 fully saturated rings. The molecule has 0 atom stereocenters. The van der Waals surface area contributed by atoms with Crippen molar-refractivity contribution in [2.24, 2.45) is 0 Å². The number of rotatable bonds is 3. The Morgan fingerprint density at radius 3 is 1.52 bits per heavy atom. The maximum Gasteiger partial charge on any atom is 0.333 e. The highest BCUT2D eigenvalue weighted by Crippen LogP contribution is 2.48. The van der Waals surface area contributed by atoms with Crippen LogP contribution in [-0.2, 0) is 21.7 Å². The zero-order chi connectivity index (χ0) is 48.4. The van der Waals surface area contributed by atoms with Gasteiger partial charge < -0.3 is 9.05 Å². The first-order valence-corrected chi connectivity index (χ1v) is 25.3. The highest BCUT2D eigenvalue weighted by Gasteiger charge is 2.43. The number of aryl methyl sites for hydroxylation is 2. The van der Waals surface area contributed by atoms with Gasteiger partial charge in [-0.3, -0.25) is 0 Å². The summed E-state index contributed by atoms with van der Waals surface area (Å²) < 4.78 is 5.41. The molecule has 2 nitrogen and oxygen atoms in total. The summed E-state index contributed by atoms with van der Waals surface area (Å²) in [6.07, 6.45) is 0. The van der Waals surface area contributed by atoms with Gasteiger partial charge in [0.2, 0.25) is 0 Å². The average molecular weight is 897 g/mol. The molecule has 10 aromatic rings. The third-order valence-corrected chi connectivity index (χ3v) is 15.9. The molecule has 12 rings (SSSR count). The molecule has 0 saturated carbocycles.